The number of para-hydroxylation sites is 2. The average Bonchev–Trinajstić information content (AvgIpc) is 2.87. The van der Waals surface area contributed by atoms with Crippen LogP contribution in [0.1, 0.15) is 49.7 Å². The molecule has 2 aromatic carbocycles. The normalized spacial score (nSPS) is 20.4. The lowest BCUT2D eigenvalue weighted by atomic mass is 9.86. The number of hydrogen-bond acceptors (Lipinski definition) is 2. The number of rotatable bonds is 2. The zero-order valence-corrected chi connectivity index (χ0v) is 15.0. The summed E-state index contributed by atoms with van der Waals surface area (Å²) in [5.41, 5.74) is 4.93. The number of fused-ring (bicyclic) bond motifs is 1. The first-order valence-corrected chi connectivity index (χ1v) is 9.51. The quantitative estimate of drug-likeness (QED) is 0.758. The highest BCUT2D eigenvalue weighted by Crippen LogP contribution is 2.38. The van der Waals surface area contributed by atoms with Crippen LogP contribution in [0.2, 0.25) is 0 Å². The van der Waals surface area contributed by atoms with E-state index in [0.29, 0.717) is 0 Å². The number of aliphatic imine (C=N–C) groups is 1. The van der Waals surface area contributed by atoms with E-state index in [9.17, 15) is 0 Å². The topological polar surface area (TPSA) is 36.4 Å². The van der Waals surface area contributed by atoms with Crippen LogP contribution >= 0.6 is 0 Å². The first-order valence-electron chi connectivity index (χ1n) is 9.51. The van der Waals surface area contributed by atoms with Crippen molar-refractivity contribution in [3.8, 4) is 0 Å². The maximum Gasteiger partial charge on any atom is 0.127 e. The first kappa shape index (κ1) is 16.2. The van der Waals surface area contributed by atoms with Crippen molar-refractivity contribution in [1.29, 1.82) is 0 Å². The van der Waals surface area contributed by atoms with Gasteiger partial charge in [-0.3, -0.25) is 4.99 Å². The van der Waals surface area contributed by atoms with Gasteiger partial charge in [0.15, 0.2) is 0 Å². The fourth-order valence-electron chi connectivity index (χ4n) is 4.10. The van der Waals surface area contributed by atoms with E-state index in [1.54, 1.807) is 0 Å². The molecule has 2 N–H and O–H groups in total. The third kappa shape index (κ3) is 3.28. The molecule has 2 aliphatic rings. The summed E-state index contributed by atoms with van der Waals surface area (Å²) in [4.78, 5) is 5.07. The van der Waals surface area contributed by atoms with Crippen LogP contribution in [-0.4, -0.2) is 11.4 Å². The van der Waals surface area contributed by atoms with Gasteiger partial charge in [0.05, 0.1) is 23.5 Å². The molecule has 1 saturated carbocycles. The van der Waals surface area contributed by atoms with E-state index in [0.717, 1.165) is 30.9 Å². The number of benzene rings is 2. The lowest BCUT2D eigenvalue weighted by molar-refractivity contribution is 0.524. The molecule has 1 aliphatic carbocycles. The Kier molecular flexibility index (Phi) is 4.48. The van der Waals surface area contributed by atoms with E-state index in [1.807, 2.05) is 0 Å². The average molecular weight is 333 g/mol. The van der Waals surface area contributed by atoms with Gasteiger partial charge in [-0.15, -0.1) is 0 Å². The van der Waals surface area contributed by atoms with Gasteiger partial charge in [-0.25, -0.2) is 0 Å². The van der Waals surface area contributed by atoms with Gasteiger partial charge in [0, 0.05) is 0 Å². The fraction of sp³-hybridized carbons (Fsp3) is 0.409. The van der Waals surface area contributed by atoms with Gasteiger partial charge in [-0.2, -0.15) is 0 Å². The molecule has 0 radical (unpaired) electrons. The minimum atomic E-state index is -0.0342. The Morgan fingerprint density at radius 3 is 2.32 bits per heavy atom. The number of anilines is 2. The van der Waals surface area contributed by atoms with Crippen molar-refractivity contribution in [2.45, 2.75) is 57.5 Å². The Labute approximate surface area is 150 Å². The fourth-order valence-corrected chi connectivity index (χ4v) is 4.10. The summed E-state index contributed by atoms with van der Waals surface area (Å²) in [6, 6.07) is 17.0. The van der Waals surface area contributed by atoms with Gasteiger partial charge >= 0.3 is 0 Å². The largest absolute Gasteiger partial charge is 0.371 e. The second-order valence-corrected chi connectivity index (χ2v) is 7.38. The van der Waals surface area contributed by atoms with Crippen molar-refractivity contribution >= 4 is 17.2 Å². The standard InChI is InChI=1S/C22H27N3/c1-17-10-4-5-11-18(17)16-23-21-22(14-8-2-3-9-15-22)25-20-13-7-6-12-19(20)24-21/h4-7,10-13,25H,2-3,8-9,14-16H2,1H3,(H,23,24). The molecule has 0 amide bonds. The summed E-state index contributed by atoms with van der Waals surface area (Å²) >= 11 is 0. The van der Waals surface area contributed by atoms with Crippen LogP contribution in [0, 0.1) is 6.92 Å². The van der Waals surface area contributed by atoms with Crippen molar-refractivity contribution < 1.29 is 0 Å². The predicted octanol–water partition coefficient (Wildman–Crippen LogP) is 5.52. The monoisotopic (exact) mass is 333 g/mol. The smallest absolute Gasteiger partial charge is 0.127 e. The van der Waals surface area contributed by atoms with E-state index < -0.39 is 0 Å². The van der Waals surface area contributed by atoms with Crippen molar-refractivity contribution in [2.75, 3.05) is 10.6 Å². The molecule has 0 unspecified atom stereocenters. The first-order chi connectivity index (χ1) is 12.3. The molecule has 1 aliphatic heterocycles. The third-order valence-corrected chi connectivity index (χ3v) is 5.63. The summed E-state index contributed by atoms with van der Waals surface area (Å²) < 4.78 is 0. The molecular formula is C22H27N3. The van der Waals surface area contributed by atoms with E-state index >= 15 is 0 Å². The van der Waals surface area contributed by atoms with Gasteiger partial charge in [-0.1, -0.05) is 62.1 Å². The molecule has 4 rings (SSSR count). The minimum Gasteiger partial charge on any atom is -0.371 e. The molecule has 130 valence electrons. The maximum atomic E-state index is 5.07. The van der Waals surface area contributed by atoms with Crippen LogP contribution < -0.4 is 10.6 Å². The number of hydrogen-bond donors (Lipinski definition) is 2. The van der Waals surface area contributed by atoms with Crippen LogP contribution in [0.3, 0.4) is 0 Å². The van der Waals surface area contributed by atoms with Crippen LogP contribution in [-0.2, 0) is 6.54 Å². The predicted molar refractivity (Wildman–Crippen MR) is 106 cm³/mol. The zero-order valence-electron chi connectivity index (χ0n) is 15.0. The highest BCUT2D eigenvalue weighted by atomic mass is 15.2. The van der Waals surface area contributed by atoms with Crippen molar-refractivity contribution in [1.82, 2.24) is 0 Å². The molecule has 0 saturated heterocycles. The highest BCUT2D eigenvalue weighted by Gasteiger charge is 2.39. The molecule has 25 heavy (non-hydrogen) atoms. The molecule has 3 heteroatoms. The van der Waals surface area contributed by atoms with Crippen molar-refractivity contribution in [2.24, 2.45) is 4.99 Å². The van der Waals surface area contributed by atoms with Gasteiger partial charge < -0.3 is 10.6 Å². The Morgan fingerprint density at radius 1 is 0.880 bits per heavy atom. The van der Waals surface area contributed by atoms with Crippen LogP contribution in [0.25, 0.3) is 0 Å². The molecule has 3 nitrogen and oxygen atoms in total. The number of nitrogens with one attached hydrogen (secondary N) is 2. The second-order valence-electron chi connectivity index (χ2n) is 7.38. The summed E-state index contributed by atoms with van der Waals surface area (Å²) in [7, 11) is 0. The summed E-state index contributed by atoms with van der Waals surface area (Å²) in [5.74, 6) is 1.12. The van der Waals surface area contributed by atoms with Gasteiger partial charge in [0.2, 0.25) is 0 Å². The molecule has 1 spiro atoms. The molecule has 0 bridgehead atoms. The molecule has 2 aromatic rings. The highest BCUT2D eigenvalue weighted by molar-refractivity contribution is 6.09. The summed E-state index contributed by atoms with van der Waals surface area (Å²) in [5, 5.41) is 7.52. The number of amidine groups is 1. The van der Waals surface area contributed by atoms with Crippen LogP contribution in [0.4, 0.5) is 11.4 Å². The Bertz CT molecular complexity index is 770. The number of nitrogens with zero attached hydrogens (tertiary/aromatic N) is 1. The summed E-state index contributed by atoms with van der Waals surface area (Å²) in [6.45, 7) is 2.90. The van der Waals surface area contributed by atoms with Crippen molar-refractivity contribution in [3.05, 3.63) is 59.7 Å². The second kappa shape index (κ2) is 6.91. The zero-order chi connectivity index (χ0) is 17.1. The molecule has 1 heterocycles. The lowest BCUT2D eigenvalue weighted by Gasteiger charge is -2.41. The van der Waals surface area contributed by atoms with Gasteiger partial charge in [-0.05, 0) is 43.0 Å². The third-order valence-electron chi connectivity index (χ3n) is 5.63. The van der Waals surface area contributed by atoms with Crippen molar-refractivity contribution in [3.63, 3.8) is 0 Å². The lowest BCUT2D eigenvalue weighted by Crippen LogP contribution is -2.52. The molecular weight excluding hydrogens is 306 g/mol. The Morgan fingerprint density at radius 2 is 1.56 bits per heavy atom. The SMILES string of the molecule is Cc1ccccc1CN=C1Nc2ccccc2NC12CCCCCC2. The van der Waals surface area contributed by atoms with E-state index in [1.165, 1.54) is 42.5 Å². The Hall–Kier alpha value is -2.29. The maximum absolute atomic E-state index is 5.07. The minimum absolute atomic E-state index is 0.0342. The molecule has 1 fully saturated rings. The van der Waals surface area contributed by atoms with Crippen LogP contribution in [0.5, 0.6) is 0 Å². The summed E-state index contributed by atoms with van der Waals surface area (Å²) in [6.07, 6.45) is 7.49. The van der Waals surface area contributed by atoms with Gasteiger partial charge in [0.25, 0.3) is 0 Å². The molecule has 0 atom stereocenters. The van der Waals surface area contributed by atoms with Crippen LogP contribution in [0.15, 0.2) is 53.5 Å². The van der Waals surface area contributed by atoms with E-state index in [2.05, 4.69) is 66.1 Å². The van der Waals surface area contributed by atoms with Gasteiger partial charge in [0.1, 0.15) is 5.84 Å². The molecule has 0 aromatic heterocycles. The Balaban J connectivity index is 1.69. The van der Waals surface area contributed by atoms with E-state index in [-0.39, 0.29) is 5.54 Å². The number of aryl methyl sites for hydroxylation is 1. The van der Waals surface area contributed by atoms with E-state index in [4.69, 9.17) is 4.99 Å².